The standard InChI is InChI=1S/C11H9ClN2O3/c12-7-3-1-6(2-4-7)5-8-9(10(15)16)14-11(17)13-8/h1-4H,5H2,(H,15,16)(H2,13,14,17). The largest absolute Gasteiger partial charge is 0.477 e. The maximum absolute atomic E-state index is 11.1. The molecule has 0 unspecified atom stereocenters. The summed E-state index contributed by atoms with van der Waals surface area (Å²) in [4.78, 5) is 26.6. The smallest absolute Gasteiger partial charge is 0.354 e. The van der Waals surface area contributed by atoms with Gasteiger partial charge in [0, 0.05) is 11.4 Å². The van der Waals surface area contributed by atoms with Crippen LogP contribution in [0.2, 0.25) is 5.02 Å². The third-order valence-electron chi connectivity index (χ3n) is 2.31. The van der Waals surface area contributed by atoms with E-state index in [0.29, 0.717) is 17.1 Å². The van der Waals surface area contributed by atoms with E-state index in [1.807, 2.05) is 0 Å². The Morgan fingerprint density at radius 2 is 1.88 bits per heavy atom. The van der Waals surface area contributed by atoms with Crippen LogP contribution in [0.5, 0.6) is 0 Å². The van der Waals surface area contributed by atoms with Crippen molar-refractivity contribution < 1.29 is 9.90 Å². The number of carboxylic acids is 1. The van der Waals surface area contributed by atoms with Gasteiger partial charge in [0.05, 0.1) is 5.69 Å². The molecule has 0 aliphatic carbocycles. The van der Waals surface area contributed by atoms with Gasteiger partial charge in [-0.1, -0.05) is 23.7 Å². The normalized spacial score (nSPS) is 10.4. The summed E-state index contributed by atoms with van der Waals surface area (Å²) in [5, 5.41) is 9.50. The number of halogens is 1. The summed E-state index contributed by atoms with van der Waals surface area (Å²) in [5.41, 5.74) is 0.591. The zero-order valence-electron chi connectivity index (χ0n) is 8.66. The maximum Gasteiger partial charge on any atom is 0.354 e. The van der Waals surface area contributed by atoms with Gasteiger partial charge >= 0.3 is 11.7 Å². The highest BCUT2D eigenvalue weighted by molar-refractivity contribution is 6.30. The lowest BCUT2D eigenvalue weighted by molar-refractivity contribution is 0.0690. The van der Waals surface area contributed by atoms with Crippen LogP contribution in [0.4, 0.5) is 0 Å². The first kappa shape index (κ1) is 11.5. The van der Waals surface area contributed by atoms with Crippen molar-refractivity contribution >= 4 is 17.6 Å². The number of aromatic amines is 2. The highest BCUT2D eigenvalue weighted by Crippen LogP contribution is 2.13. The fourth-order valence-corrected chi connectivity index (χ4v) is 1.67. The van der Waals surface area contributed by atoms with Gasteiger partial charge in [0.2, 0.25) is 0 Å². The molecule has 0 radical (unpaired) electrons. The van der Waals surface area contributed by atoms with Gasteiger partial charge in [-0.05, 0) is 17.7 Å². The molecule has 0 saturated carbocycles. The van der Waals surface area contributed by atoms with Crippen LogP contribution in [0.3, 0.4) is 0 Å². The molecule has 0 aliphatic rings. The summed E-state index contributed by atoms with van der Waals surface area (Å²) in [5.74, 6) is -1.16. The molecule has 0 saturated heterocycles. The molecule has 2 rings (SSSR count). The van der Waals surface area contributed by atoms with Gasteiger partial charge in [-0.25, -0.2) is 9.59 Å². The predicted molar refractivity (Wildman–Crippen MR) is 62.6 cm³/mol. The monoisotopic (exact) mass is 252 g/mol. The van der Waals surface area contributed by atoms with Crippen molar-refractivity contribution in [3.63, 3.8) is 0 Å². The van der Waals surface area contributed by atoms with Crippen molar-refractivity contribution in [3.8, 4) is 0 Å². The van der Waals surface area contributed by atoms with Crippen molar-refractivity contribution in [2.24, 2.45) is 0 Å². The van der Waals surface area contributed by atoms with E-state index in [1.54, 1.807) is 24.3 Å². The fourth-order valence-electron chi connectivity index (χ4n) is 1.54. The molecule has 1 aromatic carbocycles. The average molecular weight is 253 g/mol. The van der Waals surface area contributed by atoms with Crippen LogP contribution in [-0.2, 0) is 6.42 Å². The third-order valence-corrected chi connectivity index (χ3v) is 2.56. The van der Waals surface area contributed by atoms with Crippen molar-refractivity contribution in [1.29, 1.82) is 0 Å². The number of nitrogens with one attached hydrogen (secondary N) is 2. The molecule has 0 amide bonds. The average Bonchev–Trinajstić information content (AvgIpc) is 2.63. The van der Waals surface area contributed by atoms with Crippen molar-refractivity contribution in [2.45, 2.75) is 6.42 Å². The molecule has 5 nitrogen and oxygen atoms in total. The minimum atomic E-state index is -1.16. The van der Waals surface area contributed by atoms with E-state index in [0.717, 1.165) is 5.56 Å². The highest BCUT2D eigenvalue weighted by Gasteiger charge is 2.14. The number of H-pyrrole nitrogens is 2. The molecular formula is C11H9ClN2O3. The van der Waals surface area contributed by atoms with Crippen LogP contribution in [-0.4, -0.2) is 21.0 Å². The Labute approximate surface area is 101 Å². The quantitative estimate of drug-likeness (QED) is 0.776. The second-order valence-corrected chi connectivity index (χ2v) is 3.98. The Kier molecular flexibility index (Phi) is 3.01. The van der Waals surface area contributed by atoms with Gasteiger partial charge in [0.15, 0.2) is 0 Å². The summed E-state index contributed by atoms with van der Waals surface area (Å²) >= 11 is 5.74. The number of imidazole rings is 1. The molecule has 0 fully saturated rings. The first-order chi connectivity index (χ1) is 8.06. The number of carboxylic acid groups (broad SMARTS) is 1. The van der Waals surface area contributed by atoms with Gasteiger partial charge < -0.3 is 10.1 Å². The van der Waals surface area contributed by atoms with E-state index in [1.165, 1.54) is 0 Å². The van der Waals surface area contributed by atoms with E-state index >= 15 is 0 Å². The molecule has 3 N–H and O–H groups in total. The Balaban J connectivity index is 2.32. The lowest BCUT2D eigenvalue weighted by atomic mass is 10.1. The van der Waals surface area contributed by atoms with Gasteiger partial charge in [0.25, 0.3) is 0 Å². The Bertz CT molecular complexity index is 598. The molecule has 88 valence electrons. The maximum atomic E-state index is 11.1. The second kappa shape index (κ2) is 4.47. The Hall–Kier alpha value is -2.01. The summed E-state index contributed by atoms with van der Waals surface area (Å²) in [6, 6.07) is 6.97. The number of aromatic nitrogens is 2. The number of benzene rings is 1. The summed E-state index contributed by atoms with van der Waals surface area (Å²) < 4.78 is 0. The van der Waals surface area contributed by atoms with E-state index < -0.39 is 11.7 Å². The highest BCUT2D eigenvalue weighted by atomic mass is 35.5. The summed E-state index contributed by atoms with van der Waals surface area (Å²) in [7, 11) is 0. The van der Waals surface area contributed by atoms with Crippen LogP contribution in [0.1, 0.15) is 21.7 Å². The first-order valence-electron chi connectivity index (χ1n) is 4.85. The molecule has 2 aromatic rings. The number of rotatable bonds is 3. The molecule has 1 aromatic heterocycles. The molecule has 17 heavy (non-hydrogen) atoms. The van der Waals surface area contributed by atoms with Gasteiger partial charge in [-0.2, -0.15) is 0 Å². The van der Waals surface area contributed by atoms with Crippen LogP contribution >= 0.6 is 11.6 Å². The minimum Gasteiger partial charge on any atom is -0.477 e. The minimum absolute atomic E-state index is 0.107. The molecule has 1 heterocycles. The lowest BCUT2D eigenvalue weighted by Crippen LogP contribution is -2.04. The zero-order valence-corrected chi connectivity index (χ0v) is 9.41. The summed E-state index contributed by atoms with van der Waals surface area (Å²) in [6.45, 7) is 0. The van der Waals surface area contributed by atoms with E-state index in [-0.39, 0.29) is 5.69 Å². The van der Waals surface area contributed by atoms with Crippen molar-refractivity contribution in [3.05, 3.63) is 56.7 Å². The Morgan fingerprint density at radius 3 is 2.47 bits per heavy atom. The molecule has 0 atom stereocenters. The molecule has 0 aliphatic heterocycles. The second-order valence-electron chi connectivity index (χ2n) is 3.54. The number of aromatic carboxylic acids is 1. The third kappa shape index (κ3) is 2.57. The number of hydrogen-bond acceptors (Lipinski definition) is 2. The van der Waals surface area contributed by atoms with Crippen LogP contribution in [0.15, 0.2) is 29.1 Å². The molecule has 6 heteroatoms. The van der Waals surface area contributed by atoms with E-state index in [2.05, 4.69) is 9.97 Å². The number of carbonyl (C=O) groups is 1. The fraction of sp³-hybridized carbons (Fsp3) is 0.0909. The van der Waals surface area contributed by atoms with Crippen LogP contribution in [0, 0.1) is 0 Å². The van der Waals surface area contributed by atoms with Gasteiger partial charge in [-0.3, -0.25) is 4.98 Å². The Morgan fingerprint density at radius 1 is 1.24 bits per heavy atom. The SMILES string of the molecule is O=C(O)c1[nH]c(=O)[nH]c1Cc1ccc(Cl)cc1. The molecule has 0 spiro atoms. The zero-order chi connectivity index (χ0) is 12.4. The summed E-state index contributed by atoms with van der Waals surface area (Å²) in [6.07, 6.45) is 0.331. The van der Waals surface area contributed by atoms with Crippen molar-refractivity contribution in [1.82, 2.24) is 9.97 Å². The van der Waals surface area contributed by atoms with Crippen LogP contribution in [0.25, 0.3) is 0 Å². The van der Waals surface area contributed by atoms with Crippen molar-refractivity contribution in [2.75, 3.05) is 0 Å². The topological polar surface area (TPSA) is 85.9 Å². The van der Waals surface area contributed by atoms with Crippen LogP contribution < -0.4 is 5.69 Å². The van der Waals surface area contributed by atoms with Gasteiger partial charge in [-0.15, -0.1) is 0 Å². The molecule has 0 bridgehead atoms. The van der Waals surface area contributed by atoms with E-state index in [4.69, 9.17) is 16.7 Å². The first-order valence-corrected chi connectivity index (χ1v) is 5.23. The van der Waals surface area contributed by atoms with Gasteiger partial charge in [0.1, 0.15) is 5.69 Å². The predicted octanol–water partition coefficient (Wildman–Crippen LogP) is 1.65. The lowest BCUT2D eigenvalue weighted by Gasteiger charge is -2.00. The molecular weight excluding hydrogens is 244 g/mol. The van der Waals surface area contributed by atoms with E-state index in [9.17, 15) is 9.59 Å². The number of hydrogen-bond donors (Lipinski definition) is 3.